The summed E-state index contributed by atoms with van der Waals surface area (Å²) in [6, 6.07) is 0. The van der Waals surface area contributed by atoms with Gasteiger partial charge in [-0.2, -0.15) is 0 Å². The molecular formula is C33H60N4O13. The first kappa shape index (κ1) is 44.0. The third kappa shape index (κ3) is 23.3. The molecule has 1 aromatic heterocycles. The number of ether oxygens (including phenoxy) is 11. The summed E-state index contributed by atoms with van der Waals surface area (Å²) in [7, 11) is 0. The molecule has 1 aliphatic rings. The van der Waals surface area contributed by atoms with Crippen molar-refractivity contribution < 1.29 is 61.7 Å². The van der Waals surface area contributed by atoms with Crippen molar-refractivity contribution in [3.8, 4) is 0 Å². The van der Waals surface area contributed by atoms with Crippen LogP contribution in [0.5, 0.6) is 0 Å². The number of nitrogens with zero attached hydrogens (tertiary/aromatic N) is 4. The highest BCUT2D eigenvalue weighted by atomic mass is 16.6. The average Bonchev–Trinajstić information content (AvgIpc) is 3.66. The maximum Gasteiger partial charge on any atom is 0.232 e. The molecule has 1 saturated heterocycles. The summed E-state index contributed by atoms with van der Waals surface area (Å²) in [5, 5.41) is 8.06. The molecule has 17 heteroatoms. The van der Waals surface area contributed by atoms with E-state index in [0.717, 1.165) is 13.0 Å². The number of aromatic nitrogens is 3. The van der Waals surface area contributed by atoms with Crippen molar-refractivity contribution >= 4 is 11.8 Å². The van der Waals surface area contributed by atoms with Gasteiger partial charge < -0.3 is 52.1 Å². The summed E-state index contributed by atoms with van der Waals surface area (Å²) < 4.78 is 61.8. The van der Waals surface area contributed by atoms with Gasteiger partial charge in [0, 0.05) is 18.9 Å². The normalized spacial score (nSPS) is 14.8. The van der Waals surface area contributed by atoms with Gasteiger partial charge in [0.05, 0.1) is 158 Å². The molecule has 1 unspecified atom stereocenters. The van der Waals surface area contributed by atoms with Crippen LogP contribution in [0.15, 0.2) is 6.20 Å². The molecule has 17 nitrogen and oxygen atoms in total. The number of imide groups is 1. The minimum absolute atomic E-state index is 0.151. The third-order valence-corrected chi connectivity index (χ3v) is 6.91. The van der Waals surface area contributed by atoms with E-state index in [1.165, 1.54) is 4.90 Å². The Labute approximate surface area is 296 Å². The van der Waals surface area contributed by atoms with Gasteiger partial charge in [-0.15, -0.1) is 5.10 Å². The Morgan fingerprint density at radius 1 is 0.560 bits per heavy atom. The van der Waals surface area contributed by atoms with Crippen LogP contribution in [0.25, 0.3) is 0 Å². The van der Waals surface area contributed by atoms with E-state index in [0.29, 0.717) is 151 Å². The van der Waals surface area contributed by atoms with E-state index in [1.807, 2.05) is 0 Å². The van der Waals surface area contributed by atoms with Crippen LogP contribution in [0.2, 0.25) is 0 Å². The predicted octanol–water partition coefficient (Wildman–Crippen LogP) is 0.766. The van der Waals surface area contributed by atoms with Crippen molar-refractivity contribution in [2.45, 2.75) is 39.8 Å². The second-order valence-corrected chi connectivity index (χ2v) is 11.1. The van der Waals surface area contributed by atoms with Crippen LogP contribution >= 0.6 is 0 Å². The summed E-state index contributed by atoms with van der Waals surface area (Å²) in [6.07, 6.45) is 2.99. The molecule has 2 heterocycles. The summed E-state index contributed by atoms with van der Waals surface area (Å²) in [4.78, 5) is 25.2. The van der Waals surface area contributed by atoms with E-state index in [2.05, 4.69) is 17.2 Å². The minimum Gasteiger partial charge on any atom is -0.379 e. The number of likely N-dealkylation sites (tertiary alicyclic amines) is 1. The van der Waals surface area contributed by atoms with E-state index in [4.69, 9.17) is 52.1 Å². The van der Waals surface area contributed by atoms with Crippen molar-refractivity contribution in [1.29, 1.82) is 0 Å². The van der Waals surface area contributed by atoms with Crippen LogP contribution in [0.1, 0.15) is 32.4 Å². The Morgan fingerprint density at radius 2 is 0.900 bits per heavy atom. The number of carbonyl (C=O) groups excluding carboxylic acids is 2. The van der Waals surface area contributed by atoms with Gasteiger partial charge in [-0.3, -0.25) is 14.5 Å². The van der Waals surface area contributed by atoms with Gasteiger partial charge in [0.15, 0.2) is 0 Å². The van der Waals surface area contributed by atoms with Crippen LogP contribution in [0, 0.1) is 5.92 Å². The summed E-state index contributed by atoms with van der Waals surface area (Å²) in [5.41, 5.74) is 0.571. The van der Waals surface area contributed by atoms with E-state index in [1.54, 1.807) is 17.8 Å². The Hall–Kier alpha value is -2.16. The van der Waals surface area contributed by atoms with Crippen molar-refractivity contribution in [2.75, 3.05) is 145 Å². The Bertz CT molecular complexity index is 959. The highest BCUT2D eigenvalue weighted by Crippen LogP contribution is 2.20. The molecule has 2 rings (SSSR count). The smallest absolute Gasteiger partial charge is 0.232 e. The van der Waals surface area contributed by atoms with Gasteiger partial charge in [-0.05, 0) is 6.42 Å². The molecule has 0 aromatic carbocycles. The molecule has 1 aromatic rings. The van der Waals surface area contributed by atoms with Gasteiger partial charge in [-0.25, -0.2) is 4.68 Å². The number of amides is 2. The Morgan fingerprint density at radius 3 is 1.22 bits per heavy atom. The van der Waals surface area contributed by atoms with Gasteiger partial charge in [-0.1, -0.05) is 19.1 Å². The lowest BCUT2D eigenvalue weighted by atomic mass is 10.1. The fourth-order valence-corrected chi connectivity index (χ4v) is 4.30. The molecule has 0 aliphatic carbocycles. The van der Waals surface area contributed by atoms with Crippen LogP contribution in [0.4, 0.5) is 0 Å². The van der Waals surface area contributed by atoms with E-state index in [-0.39, 0.29) is 30.7 Å². The zero-order valence-corrected chi connectivity index (χ0v) is 30.1. The molecule has 0 bridgehead atoms. The quantitative estimate of drug-likeness (QED) is 0.0697. The van der Waals surface area contributed by atoms with Crippen LogP contribution in [-0.2, 0) is 74.8 Å². The molecule has 0 radical (unpaired) electrons. The van der Waals surface area contributed by atoms with Crippen molar-refractivity contribution in [3.63, 3.8) is 0 Å². The number of rotatable bonds is 37. The number of carbonyl (C=O) groups is 2. The van der Waals surface area contributed by atoms with Crippen LogP contribution in [0.3, 0.4) is 0 Å². The van der Waals surface area contributed by atoms with E-state index in [9.17, 15) is 9.59 Å². The first-order valence-corrected chi connectivity index (χ1v) is 17.7. The molecule has 1 atom stereocenters. The fraction of sp³-hybridized carbons (Fsp3) is 0.879. The fourth-order valence-electron chi connectivity index (χ4n) is 4.30. The molecule has 0 spiro atoms. The van der Waals surface area contributed by atoms with Gasteiger partial charge in [0.25, 0.3) is 0 Å². The summed E-state index contributed by atoms with van der Waals surface area (Å²) in [5.74, 6) is -0.602. The molecule has 50 heavy (non-hydrogen) atoms. The van der Waals surface area contributed by atoms with Crippen molar-refractivity contribution in [2.24, 2.45) is 5.92 Å². The monoisotopic (exact) mass is 720 g/mol. The highest BCUT2D eigenvalue weighted by Gasteiger charge is 2.35. The van der Waals surface area contributed by atoms with E-state index >= 15 is 0 Å². The summed E-state index contributed by atoms with van der Waals surface area (Å²) in [6.45, 7) is 15.9. The largest absolute Gasteiger partial charge is 0.379 e. The van der Waals surface area contributed by atoms with Crippen molar-refractivity contribution in [1.82, 2.24) is 19.9 Å². The summed E-state index contributed by atoms with van der Waals surface area (Å²) >= 11 is 0. The molecule has 290 valence electrons. The van der Waals surface area contributed by atoms with Crippen LogP contribution < -0.4 is 0 Å². The van der Waals surface area contributed by atoms with Gasteiger partial charge >= 0.3 is 0 Å². The SMILES string of the molecule is CCCOCCOCCOCCOCCOCCOCCOCCOCCOCCOCCOCCn1cc(CN2C(=O)CC(C)C2=O)nn1. The lowest BCUT2D eigenvalue weighted by Crippen LogP contribution is -2.29. The first-order chi connectivity index (χ1) is 24.6. The van der Waals surface area contributed by atoms with E-state index < -0.39 is 0 Å². The molecule has 0 saturated carbocycles. The average molecular weight is 721 g/mol. The second-order valence-electron chi connectivity index (χ2n) is 11.1. The Balaban J connectivity index is 1.19. The highest BCUT2D eigenvalue weighted by molar-refractivity contribution is 6.03. The molecule has 1 fully saturated rings. The zero-order valence-electron chi connectivity index (χ0n) is 30.1. The maximum atomic E-state index is 12.0. The third-order valence-electron chi connectivity index (χ3n) is 6.91. The topological polar surface area (TPSA) is 170 Å². The standard InChI is InChI=1S/C33H60N4O13/c1-3-5-40-7-9-42-11-13-44-15-17-46-19-21-48-23-25-50-26-24-49-22-20-47-18-16-45-14-12-43-10-8-41-6-4-36-28-31(34-35-36)29-37-32(38)27-30(2)33(37)39/h28,30H,3-27,29H2,1-2H3. The molecule has 1 aliphatic heterocycles. The Kier molecular flexibility index (Phi) is 27.8. The van der Waals surface area contributed by atoms with Gasteiger partial charge in [0.1, 0.15) is 5.69 Å². The van der Waals surface area contributed by atoms with Crippen molar-refractivity contribution in [3.05, 3.63) is 11.9 Å². The zero-order chi connectivity index (χ0) is 35.7. The molecule has 2 amide bonds. The van der Waals surface area contributed by atoms with Gasteiger partial charge in [0.2, 0.25) is 11.8 Å². The second kappa shape index (κ2) is 31.6. The number of hydrogen-bond acceptors (Lipinski definition) is 15. The lowest BCUT2D eigenvalue weighted by Gasteiger charge is -2.11. The first-order valence-electron chi connectivity index (χ1n) is 17.7. The molecule has 0 N–H and O–H groups in total. The minimum atomic E-state index is -0.270. The maximum absolute atomic E-state index is 12.0. The lowest BCUT2D eigenvalue weighted by molar-refractivity contribution is -0.140. The predicted molar refractivity (Wildman–Crippen MR) is 179 cm³/mol. The number of hydrogen-bond donors (Lipinski definition) is 0. The molecular weight excluding hydrogens is 660 g/mol. The van der Waals surface area contributed by atoms with Crippen LogP contribution in [-0.4, -0.2) is 177 Å².